The minimum Gasteiger partial charge on any atom is -0.494 e. The SMILES string of the molecule is COc1c(C(C)=O)cc2occc2c1Cl. The summed E-state index contributed by atoms with van der Waals surface area (Å²) in [6, 6.07) is 3.38. The molecule has 0 spiro atoms. The molecule has 0 N–H and O–H groups in total. The van der Waals surface area contributed by atoms with Crippen molar-refractivity contribution >= 4 is 28.4 Å². The highest BCUT2D eigenvalue weighted by atomic mass is 35.5. The van der Waals surface area contributed by atoms with E-state index in [9.17, 15) is 4.79 Å². The maximum absolute atomic E-state index is 11.4. The van der Waals surface area contributed by atoms with E-state index in [2.05, 4.69) is 0 Å². The Labute approximate surface area is 91.6 Å². The van der Waals surface area contributed by atoms with Crippen LogP contribution in [0.1, 0.15) is 17.3 Å². The number of benzene rings is 1. The first kappa shape index (κ1) is 10.1. The van der Waals surface area contributed by atoms with E-state index in [1.165, 1.54) is 20.3 Å². The number of hydrogen-bond acceptors (Lipinski definition) is 3. The molecule has 2 aromatic rings. The number of ketones is 1. The van der Waals surface area contributed by atoms with Gasteiger partial charge in [0.15, 0.2) is 5.78 Å². The molecule has 1 aromatic carbocycles. The van der Waals surface area contributed by atoms with Crippen LogP contribution in [0.2, 0.25) is 5.02 Å². The van der Waals surface area contributed by atoms with Gasteiger partial charge in [0.1, 0.15) is 11.3 Å². The third-order valence-electron chi connectivity index (χ3n) is 2.23. The molecule has 0 saturated carbocycles. The zero-order valence-corrected chi connectivity index (χ0v) is 9.09. The van der Waals surface area contributed by atoms with Gasteiger partial charge in [0.05, 0.1) is 24.0 Å². The van der Waals surface area contributed by atoms with Gasteiger partial charge < -0.3 is 9.15 Å². The second-order valence-corrected chi connectivity index (χ2v) is 3.54. The molecule has 0 atom stereocenters. The average Bonchev–Trinajstić information content (AvgIpc) is 2.65. The van der Waals surface area contributed by atoms with E-state index in [0.717, 1.165) is 5.39 Å². The summed E-state index contributed by atoms with van der Waals surface area (Å²) >= 11 is 6.10. The third kappa shape index (κ3) is 1.49. The number of Topliss-reactive ketones (excluding diaryl/α,β-unsaturated/α-hetero) is 1. The number of carbonyl (C=O) groups is 1. The van der Waals surface area contributed by atoms with Crippen LogP contribution in [0.25, 0.3) is 11.0 Å². The van der Waals surface area contributed by atoms with Gasteiger partial charge in [0, 0.05) is 5.39 Å². The quantitative estimate of drug-likeness (QED) is 0.735. The number of hydrogen-bond donors (Lipinski definition) is 0. The van der Waals surface area contributed by atoms with Gasteiger partial charge in [-0.15, -0.1) is 0 Å². The van der Waals surface area contributed by atoms with Crippen molar-refractivity contribution in [2.75, 3.05) is 7.11 Å². The van der Waals surface area contributed by atoms with Crippen LogP contribution in [-0.2, 0) is 0 Å². The van der Waals surface area contributed by atoms with Gasteiger partial charge in [-0.25, -0.2) is 0 Å². The van der Waals surface area contributed by atoms with E-state index < -0.39 is 0 Å². The number of rotatable bonds is 2. The number of halogens is 1. The Kier molecular flexibility index (Phi) is 2.40. The predicted octanol–water partition coefficient (Wildman–Crippen LogP) is 3.30. The molecule has 1 heterocycles. The standard InChI is InChI=1S/C11H9ClO3/c1-6(13)8-5-9-7(3-4-15-9)10(12)11(8)14-2/h3-5H,1-2H3. The summed E-state index contributed by atoms with van der Waals surface area (Å²) in [6.07, 6.45) is 1.53. The molecule has 15 heavy (non-hydrogen) atoms. The minimum atomic E-state index is -0.105. The van der Waals surface area contributed by atoms with Crippen LogP contribution < -0.4 is 4.74 Å². The Bertz CT molecular complexity index is 528. The highest BCUT2D eigenvalue weighted by Crippen LogP contribution is 2.36. The van der Waals surface area contributed by atoms with Crippen LogP contribution in [0.3, 0.4) is 0 Å². The summed E-state index contributed by atoms with van der Waals surface area (Å²) in [5, 5.41) is 1.16. The maximum atomic E-state index is 11.4. The molecular weight excluding hydrogens is 216 g/mol. The van der Waals surface area contributed by atoms with Crippen molar-refractivity contribution in [3.8, 4) is 5.75 Å². The van der Waals surface area contributed by atoms with Crippen LogP contribution in [0.15, 0.2) is 22.8 Å². The second kappa shape index (κ2) is 3.59. The molecule has 0 fully saturated rings. The zero-order chi connectivity index (χ0) is 11.0. The number of furan rings is 1. The lowest BCUT2D eigenvalue weighted by Gasteiger charge is -2.08. The summed E-state index contributed by atoms with van der Waals surface area (Å²) in [7, 11) is 1.49. The summed E-state index contributed by atoms with van der Waals surface area (Å²) in [4.78, 5) is 11.4. The number of methoxy groups -OCH3 is 1. The monoisotopic (exact) mass is 224 g/mol. The van der Waals surface area contributed by atoms with Crippen molar-refractivity contribution in [2.45, 2.75) is 6.92 Å². The molecule has 0 radical (unpaired) electrons. The molecule has 0 saturated heterocycles. The van der Waals surface area contributed by atoms with Crippen molar-refractivity contribution in [2.24, 2.45) is 0 Å². The van der Waals surface area contributed by atoms with Crippen LogP contribution in [-0.4, -0.2) is 12.9 Å². The van der Waals surface area contributed by atoms with Gasteiger partial charge >= 0.3 is 0 Å². The minimum absolute atomic E-state index is 0.105. The molecule has 0 aliphatic heterocycles. The Hall–Kier alpha value is -1.48. The van der Waals surface area contributed by atoms with Crippen molar-refractivity contribution in [3.05, 3.63) is 29.0 Å². The molecule has 4 heteroatoms. The van der Waals surface area contributed by atoms with Crippen molar-refractivity contribution in [3.63, 3.8) is 0 Å². The van der Waals surface area contributed by atoms with Gasteiger partial charge in [-0.2, -0.15) is 0 Å². The first-order valence-electron chi connectivity index (χ1n) is 4.39. The molecule has 0 unspecified atom stereocenters. The van der Waals surface area contributed by atoms with Crippen LogP contribution in [0.5, 0.6) is 5.75 Å². The van der Waals surface area contributed by atoms with Gasteiger partial charge in [-0.3, -0.25) is 4.79 Å². The van der Waals surface area contributed by atoms with E-state index >= 15 is 0 Å². The summed E-state index contributed by atoms with van der Waals surface area (Å²) in [5.74, 6) is 0.296. The topological polar surface area (TPSA) is 39.4 Å². The fraction of sp³-hybridized carbons (Fsp3) is 0.182. The summed E-state index contributed by atoms with van der Waals surface area (Å²) in [6.45, 7) is 1.46. The van der Waals surface area contributed by atoms with E-state index in [-0.39, 0.29) is 5.78 Å². The lowest BCUT2D eigenvalue weighted by atomic mass is 10.1. The number of fused-ring (bicyclic) bond motifs is 1. The van der Waals surface area contributed by atoms with Gasteiger partial charge in [0.2, 0.25) is 0 Å². The van der Waals surface area contributed by atoms with E-state index in [4.69, 9.17) is 20.8 Å². The van der Waals surface area contributed by atoms with E-state index in [0.29, 0.717) is 21.9 Å². The zero-order valence-electron chi connectivity index (χ0n) is 8.33. The van der Waals surface area contributed by atoms with Crippen LogP contribution >= 0.6 is 11.6 Å². The van der Waals surface area contributed by atoms with Crippen LogP contribution in [0.4, 0.5) is 0 Å². The Morgan fingerprint density at radius 2 is 2.27 bits per heavy atom. The first-order valence-corrected chi connectivity index (χ1v) is 4.77. The fourth-order valence-corrected chi connectivity index (χ4v) is 1.85. The molecule has 0 aliphatic carbocycles. The largest absolute Gasteiger partial charge is 0.494 e. The highest BCUT2D eigenvalue weighted by Gasteiger charge is 2.16. The number of carbonyl (C=O) groups excluding carboxylic acids is 1. The lowest BCUT2D eigenvalue weighted by molar-refractivity contribution is 0.101. The fourth-order valence-electron chi connectivity index (χ4n) is 1.51. The predicted molar refractivity (Wildman–Crippen MR) is 57.8 cm³/mol. The number of ether oxygens (including phenoxy) is 1. The Balaban J connectivity index is 2.84. The van der Waals surface area contributed by atoms with Crippen molar-refractivity contribution in [1.82, 2.24) is 0 Å². The smallest absolute Gasteiger partial charge is 0.163 e. The van der Waals surface area contributed by atoms with Gasteiger partial charge in [0.25, 0.3) is 0 Å². The molecule has 0 bridgehead atoms. The average molecular weight is 225 g/mol. The van der Waals surface area contributed by atoms with Crippen molar-refractivity contribution < 1.29 is 13.9 Å². The lowest BCUT2D eigenvalue weighted by Crippen LogP contribution is -1.98. The molecule has 0 amide bonds. The maximum Gasteiger partial charge on any atom is 0.163 e. The summed E-state index contributed by atoms with van der Waals surface area (Å²) in [5.41, 5.74) is 1.02. The van der Waals surface area contributed by atoms with E-state index in [1.54, 1.807) is 12.1 Å². The van der Waals surface area contributed by atoms with Gasteiger partial charge in [-0.05, 0) is 19.1 Å². The molecular formula is C11H9ClO3. The Morgan fingerprint density at radius 3 is 2.87 bits per heavy atom. The third-order valence-corrected chi connectivity index (χ3v) is 2.61. The molecule has 78 valence electrons. The summed E-state index contributed by atoms with van der Waals surface area (Å²) < 4.78 is 10.3. The van der Waals surface area contributed by atoms with E-state index in [1.807, 2.05) is 0 Å². The molecule has 2 rings (SSSR count). The normalized spacial score (nSPS) is 10.6. The van der Waals surface area contributed by atoms with Crippen molar-refractivity contribution in [1.29, 1.82) is 0 Å². The Morgan fingerprint density at radius 1 is 1.53 bits per heavy atom. The molecule has 3 nitrogen and oxygen atoms in total. The molecule has 0 aliphatic rings. The second-order valence-electron chi connectivity index (χ2n) is 3.16. The molecule has 1 aromatic heterocycles. The van der Waals surface area contributed by atoms with Crippen LogP contribution in [0, 0.1) is 0 Å². The first-order chi connectivity index (χ1) is 7.15. The van der Waals surface area contributed by atoms with Gasteiger partial charge in [-0.1, -0.05) is 11.6 Å². The highest BCUT2D eigenvalue weighted by molar-refractivity contribution is 6.37.